The summed E-state index contributed by atoms with van der Waals surface area (Å²) in [5.41, 5.74) is 6.16. The molecule has 0 bridgehead atoms. The summed E-state index contributed by atoms with van der Waals surface area (Å²) in [6.45, 7) is 1.93. The van der Waals surface area contributed by atoms with Crippen LogP contribution in [0.5, 0.6) is 0 Å². The number of allylic oxidation sites excluding steroid dienone is 1. The molecular weight excluding hydrogens is 126 g/mol. The Hall–Kier alpha value is -1.38. The monoisotopic (exact) mass is 135 g/mol. The van der Waals surface area contributed by atoms with Crippen LogP contribution in [0.4, 0.5) is 5.82 Å². The van der Waals surface area contributed by atoms with Crippen molar-refractivity contribution in [2.45, 2.75) is 6.92 Å². The molecule has 0 aliphatic rings. The Balaban J connectivity index is 2.89. The van der Waals surface area contributed by atoms with Crippen molar-refractivity contribution in [1.82, 2.24) is 9.97 Å². The van der Waals surface area contributed by atoms with E-state index >= 15 is 0 Å². The normalized spacial score (nSPS) is 10.5. The summed E-state index contributed by atoms with van der Waals surface area (Å²) in [6.07, 6.45) is 6.94. The average molecular weight is 135 g/mol. The number of nitrogen functional groups attached to an aromatic ring is 1. The standard InChI is InChI=1S/C7H9N3/c1-2-3-6-4-10-7(8)5-9-6/h2-5H,1H3,(H2,8,10)/b3-2+. The zero-order valence-corrected chi connectivity index (χ0v) is 5.78. The molecular formula is C7H9N3. The average Bonchev–Trinajstić information content (AvgIpc) is 1.95. The van der Waals surface area contributed by atoms with Crippen molar-refractivity contribution in [2.75, 3.05) is 5.73 Å². The maximum absolute atomic E-state index is 5.33. The summed E-state index contributed by atoms with van der Waals surface area (Å²) in [4.78, 5) is 7.86. The number of aromatic nitrogens is 2. The first-order chi connectivity index (χ1) is 4.83. The highest BCUT2D eigenvalue weighted by molar-refractivity contribution is 5.43. The van der Waals surface area contributed by atoms with Crippen LogP contribution in [0, 0.1) is 0 Å². The maximum atomic E-state index is 5.33. The van der Waals surface area contributed by atoms with Gasteiger partial charge < -0.3 is 5.73 Å². The lowest BCUT2D eigenvalue weighted by Crippen LogP contribution is -1.91. The third-order valence-corrected chi connectivity index (χ3v) is 1.03. The van der Waals surface area contributed by atoms with Crippen molar-refractivity contribution in [3.63, 3.8) is 0 Å². The molecule has 52 valence electrons. The molecule has 1 heterocycles. The van der Waals surface area contributed by atoms with Gasteiger partial charge in [0, 0.05) is 0 Å². The van der Waals surface area contributed by atoms with Gasteiger partial charge in [-0.2, -0.15) is 0 Å². The molecule has 2 N–H and O–H groups in total. The molecule has 0 fully saturated rings. The predicted octanol–water partition coefficient (Wildman–Crippen LogP) is 1.09. The van der Waals surface area contributed by atoms with E-state index in [-0.39, 0.29) is 0 Å². The van der Waals surface area contributed by atoms with Gasteiger partial charge in [-0.15, -0.1) is 0 Å². The number of rotatable bonds is 1. The Bertz CT molecular complexity index is 225. The second-order valence-corrected chi connectivity index (χ2v) is 1.87. The van der Waals surface area contributed by atoms with Crippen molar-refractivity contribution in [3.05, 3.63) is 24.2 Å². The first-order valence-corrected chi connectivity index (χ1v) is 3.03. The second kappa shape index (κ2) is 2.96. The minimum atomic E-state index is 0.452. The summed E-state index contributed by atoms with van der Waals surface area (Å²) < 4.78 is 0. The SMILES string of the molecule is C/C=C/c1cnc(N)cn1. The Morgan fingerprint density at radius 1 is 1.40 bits per heavy atom. The lowest BCUT2D eigenvalue weighted by atomic mass is 10.4. The second-order valence-electron chi connectivity index (χ2n) is 1.87. The minimum absolute atomic E-state index is 0.452. The van der Waals surface area contributed by atoms with Crippen LogP contribution in [0.1, 0.15) is 12.6 Å². The molecule has 0 saturated heterocycles. The van der Waals surface area contributed by atoms with E-state index in [1.165, 1.54) is 6.20 Å². The van der Waals surface area contributed by atoms with E-state index < -0.39 is 0 Å². The van der Waals surface area contributed by atoms with E-state index in [1.807, 2.05) is 19.1 Å². The zero-order chi connectivity index (χ0) is 7.40. The van der Waals surface area contributed by atoms with Gasteiger partial charge in [0.1, 0.15) is 5.82 Å². The molecule has 0 spiro atoms. The van der Waals surface area contributed by atoms with Gasteiger partial charge in [-0.05, 0) is 13.0 Å². The largest absolute Gasteiger partial charge is 0.382 e. The van der Waals surface area contributed by atoms with Crippen molar-refractivity contribution in [3.8, 4) is 0 Å². The highest BCUT2D eigenvalue weighted by atomic mass is 14.9. The molecule has 0 unspecified atom stereocenters. The van der Waals surface area contributed by atoms with Crippen LogP contribution in [0.15, 0.2) is 18.5 Å². The first-order valence-electron chi connectivity index (χ1n) is 3.03. The Morgan fingerprint density at radius 3 is 2.70 bits per heavy atom. The van der Waals surface area contributed by atoms with Crippen LogP contribution in [0.25, 0.3) is 6.08 Å². The van der Waals surface area contributed by atoms with E-state index in [0.29, 0.717) is 5.82 Å². The Kier molecular flexibility index (Phi) is 1.99. The first kappa shape index (κ1) is 6.74. The van der Waals surface area contributed by atoms with Crippen LogP contribution in [-0.4, -0.2) is 9.97 Å². The minimum Gasteiger partial charge on any atom is -0.382 e. The highest BCUT2D eigenvalue weighted by Crippen LogP contribution is 1.97. The van der Waals surface area contributed by atoms with Crippen LogP contribution in [0.2, 0.25) is 0 Å². The van der Waals surface area contributed by atoms with Crippen molar-refractivity contribution in [2.24, 2.45) is 0 Å². The van der Waals surface area contributed by atoms with Gasteiger partial charge in [0.05, 0.1) is 18.1 Å². The fraction of sp³-hybridized carbons (Fsp3) is 0.143. The summed E-state index contributed by atoms with van der Waals surface area (Å²) in [5, 5.41) is 0. The molecule has 0 radical (unpaired) electrons. The smallest absolute Gasteiger partial charge is 0.141 e. The van der Waals surface area contributed by atoms with Gasteiger partial charge in [-0.25, -0.2) is 4.98 Å². The molecule has 0 saturated carbocycles. The lowest BCUT2D eigenvalue weighted by Gasteiger charge is -1.90. The molecule has 1 aromatic heterocycles. The van der Waals surface area contributed by atoms with Gasteiger partial charge in [0.15, 0.2) is 0 Å². The number of hydrogen-bond acceptors (Lipinski definition) is 3. The third-order valence-electron chi connectivity index (χ3n) is 1.03. The molecule has 0 aliphatic heterocycles. The van der Waals surface area contributed by atoms with E-state index in [1.54, 1.807) is 6.20 Å². The number of nitrogens with two attached hydrogens (primary N) is 1. The Labute approximate surface area is 59.6 Å². The van der Waals surface area contributed by atoms with Crippen LogP contribution in [0.3, 0.4) is 0 Å². The summed E-state index contributed by atoms with van der Waals surface area (Å²) in [7, 11) is 0. The summed E-state index contributed by atoms with van der Waals surface area (Å²) in [5.74, 6) is 0.452. The fourth-order valence-corrected chi connectivity index (χ4v) is 0.605. The molecule has 1 aromatic rings. The number of hydrogen-bond donors (Lipinski definition) is 1. The van der Waals surface area contributed by atoms with Crippen LogP contribution >= 0.6 is 0 Å². The summed E-state index contributed by atoms with van der Waals surface area (Å²) in [6, 6.07) is 0. The zero-order valence-electron chi connectivity index (χ0n) is 5.78. The molecule has 0 amide bonds. The number of anilines is 1. The molecule has 0 aromatic carbocycles. The maximum Gasteiger partial charge on any atom is 0.141 e. The topological polar surface area (TPSA) is 51.8 Å². The molecule has 3 nitrogen and oxygen atoms in total. The van der Waals surface area contributed by atoms with Crippen LogP contribution in [-0.2, 0) is 0 Å². The Morgan fingerprint density at radius 2 is 2.20 bits per heavy atom. The molecule has 10 heavy (non-hydrogen) atoms. The van der Waals surface area contributed by atoms with E-state index in [9.17, 15) is 0 Å². The van der Waals surface area contributed by atoms with Gasteiger partial charge in [-0.1, -0.05) is 6.08 Å². The molecule has 0 aliphatic carbocycles. The van der Waals surface area contributed by atoms with Crippen molar-refractivity contribution in [1.29, 1.82) is 0 Å². The lowest BCUT2D eigenvalue weighted by molar-refractivity contribution is 1.19. The fourth-order valence-electron chi connectivity index (χ4n) is 0.605. The van der Waals surface area contributed by atoms with Crippen molar-refractivity contribution < 1.29 is 0 Å². The van der Waals surface area contributed by atoms with E-state index in [4.69, 9.17) is 5.73 Å². The van der Waals surface area contributed by atoms with E-state index in [0.717, 1.165) is 5.69 Å². The van der Waals surface area contributed by atoms with Gasteiger partial charge >= 0.3 is 0 Å². The molecule has 1 rings (SSSR count). The van der Waals surface area contributed by atoms with Crippen molar-refractivity contribution >= 4 is 11.9 Å². The van der Waals surface area contributed by atoms with E-state index in [2.05, 4.69) is 9.97 Å². The van der Waals surface area contributed by atoms with Gasteiger partial charge in [0.2, 0.25) is 0 Å². The third kappa shape index (κ3) is 1.55. The highest BCUT2D eigenvalue weighted by Gasteiger charge is 1.86. The van der Waals surface area contributed by atoms with Crippen LogP contribution < -0.4 is 5.73 Å². The molecule has 0 atom stereocenters. The predicted molar refractivity (Wildman–Crippen MR) is 41.2 cm³/mol. The van der Waals surface area contributed by atoms with Gasteiger partial charge in [-0.3, -0.25) is 4.98 Å². The quantitative estimate of drug-likeness (QED) is 0.627. The number of nitrogens with zero attached hydrogens (tertiary/aromatic N) is 2. The van der Waals surface area contributed by atoms with Gasteiger partial charge in [0.25, 0.3) is 0 Å². The molecule has 3 heteroatoms. The summed E-state index contributed by atoms with van der Waals surface area (Å²) >= 11 is 0.